The smallest absolute Gasteiger partial charge is 0.252 e. The quantitative estimate of drug-likeness (QED) is 0.709. The van der Waals surface area contributed by atoms with Gasteiger partial charge in [-0.05, 0) is 25.7 Å². The summed E-state index contributed by atoms with van der Waals surface area (Å²) in [6.45, 7) is 7.06. The third-order valence-electron chi connectivity index (χ3n) is 4.02. The first kappa shape index (κ1) is 12.8. The minimum atomic E-state index is -0.215. The van der Waals surface area contributed by atoms with Crippen molar-refractivity contribution in [1.29, 1.82) is 0 Å². The molecular weight excluding hydrogens is 218 g/mol. The van der Waals surface area contributed by atoms with Crippen molar-refractivity contribution in [1.82, 2.24) is 5.06 Å². The molecule has 2 fully saturated rings. The number of carbonyl (C=O) groups excluding carboxylic acids is 1. The van der Waals surface area contributed by atoms with Gasteiger partial charge in [0.2, 0.25) is 0 Å². The molecule has 2 aliphatic heterocycles. The third-order valence-corrected chi connectivity index (χ3v) is 4.02. The lowest BCUT2D eigenvalue weighted by atomic mass is 9.79. The monoisotopic (exact) mass is 241 g/mol. The van der Waals surface area contributed by atoms with Crippen molar-refractivity contribution < 1.29 is 14.4 Å². The Balaban J connectivity index is 1.85. The third kappa shape index (κ3) is 2.47. The molecule has 4 unspecified atom stereocenters. The summed E-state index contributed by atoms with van der Waals surface area (Å²) in [5.41, 5.74) is 0. The van der Waals surface area contributed by atoms with E-state index in [9.17, 15) is 4.79 Å². The Bertz CT molecular complexity index is 276. The fourth-order valence-electron chi connectivity index (χ4n) is 2.66. The maximum atomic E-state index is 12.0. The van der Waals surface area contributed by atoms with Gasteiger partial charge in [0.1, 0.15) is 0 Å². The van der Waals surface area contributed by atoms with E-state index in [1.54, 1.807) is 0 Å². The van der Waals surface area contributed by atoms with Crippen molar-refractivity contribution >= 4 is 5.91 Å². The molecule has 0 bridgehead atoms. The highest BCUT2D eigenvalue weighted by atomic mass is 16.8. The van der Waals surface area contributed by atoms with Crippen molar-refractivity contribution in [3.05, 3.63) is 0 Å². The van der Waals surface area contributed by atoms with Gasteiger partial charge in [-0.1, -0.05) is 20.3 Å². The lowest BCUT2D eigenvalue weighted by Gasteiger charge is -2.47. The lowest BCUT2D eigenvalue weighted by molar-refractivity contribution is -0.319. The summed E-state index contributed by atoms with van der Waals surface area (Å²) in [5, 5.41) is 1.52. The summed E-state index contributed by atoms with van der Waals surface area (Å²) >= 11 is 0. The molecule has 0 aromatic rings. The SMILES string of the molecule is CCC(C)C1C(=O)N(OC2CCCCO2)C1C. The van der Waals surface area contributed by atoms with Crippen LogP contribution in [0.2, 0.25) is 0 Å². The van der Waals surface area contributed by atoms with Gasteiger partial charge >= 0.3 is 0 Å². The molecule has 0 N–H and O–H groups in total. The van der Waals surface area contributed by atoms with Crippen LogP contribution in [0.25, 0.3) is 0 Å². The molecule has 4 atom stereocenters. The van der Waals surface area contributed by atoms with Crippen LogP contribution in [0.15, 0.2) is 0 Å². The largest absolute Gasteiger partial charge is 0.350 e. The number of hydrogen-bond donors (Lipinski definition) is 0. The van der Waals surface area contributed by atoms with E-state index in [0.29, 0.717) is 5.92 Å². The van der Waals surface area contributed by atoms with Crippen molar-refractivity contribution in [2.75, 3.05) is 6.61 Å². The molecule has 2 heterocycles. The summed E-state index contributed by atoms with van der Waals surface area (Å²) in [6.07, 6.45) is 3.93. The molecule has 0 radical (unpaired) electrons. The van der Waals surface area contributed by atoms with Crippen LogP contribution in [0.3, 0.4) is 0 Å². The minimum Gasteiger partial charge on any atom is -0.350 e. The minimum absolute atomic E-state index is 0.126. The predicted molar refractivity (Wildman–Crippen MR) is 63.9 cm³/mol. The molecule has 1 amide bonds. The zero-order valence-electron chi connectivity index (χ0n) is 11.0. The zero-order valence-corrected chi connectivity index (χ0v) is 11.0. The number of ether oxygens (including phenoxy) is 1. The Morgan fingerprint density at radius 1 is 1.53 bits per heavy atom. The second-order valence-corrected chi connectivity index (χ2v) is 5.22. The Hall–Kier alpha value is -0.610. The van der Waals surface area contributed by atoms with E-state index in [2.05, 4.69) is 20.8 Å². The van der Waals surface area contributed by atoms with Gasteiger partial charge in [0.05, 0.1) is 12.0 Å². The van der Waals surface area contributed by atoms with Crippen LogP contribution in [0, 0.1) is 11.8 Å². The molecule has 0 aliphatic carbocycles. The van der Waals surface area contributed by atoms with E-state index in [0.717, 1.165) is 32.3 Å². The van der Waals surface area contributed by atoms with Crippen molar-refractivity contribution in [3.63, 3.8) is 0 Å². The van der Waals surface area contributed by atoms with Gasteiger partial charge in [-0.15, -0.1) is 0 Å². The predicted octanol–water partition coefficient (Wildman–Crippen LogP) is 2.34. The second-order valence-electron chi connectivity index (χ2n) is 5.22. The number of nitrogens with zero attached hydrogens (tertiary/aromatic N) is 1. The summed E-state index contributed by atoms with van der Waals surface area (Å²) in [6, 6.07) is 0.183. The fraction of sp³-hybridized carbons (Fsp3) is 0.923. The lowest BCUT2D eigenvalue weighted by Crippen LogP contribution is -2.62. The molecule has 0 aromatic carbocycles. The van der Waals surface area contributed by atoms with E-state index >= 15 is 0 Å². The Morgan fingerprint density at radius 3 is 2.82 bits per heavy atom. The molecule has 0 spiro atoms. The van der Waals surface area contributed by atoms with E-state index in [-0.39, 0.29) is 24.2 Å². The van der Waals surface area contributed by atoms with Crippen LogP contribution in [0.4, 0.5) is 0 Å². The molecular formula is C13H23NO3. The fourth-order valence-corrected chi connectivity index (χ4v) is 2.66. The standard InChI is InChI=1S/C13H23NO3/c1-4-9(2)12-10(3)14(13(12)15)17-11-7-5-6-8-16-11/h9-12H,4-8H2,1-3H3. The normalized spacial score (nSPS) is 35.6. The van der Waals surface area contributed by atoms with Gasteiger partial charge < -0.3 is 4.74 Å². The van der Waals surface area contributed by atoms with Crippen LogP contribution in [-0.2, 0) is 14.4 Å². The van der Waals surface area contributed by atoms with Gasteiger partial charge in [0.25, 0.3) is 5.91 Å². The van der Waals surface area contributed by atoms with Gasteiger partial charge in [0.15, 0.2) is 6.29 Å². The summed E-state index contributed by atoms with van der Waals surface area (Å²) in [7, 11) is 0. The highest BCUT2D eigenvalue weighted by Gasteiger charge is 2.48. The molecule has 2 aliphatic rings. The topological polar surface area (TPSA) is 38.8 Å². The number of hydroxylamine groups is 2. The van der Waals surface area contributed by atoms with Gasteiger partial charge in [-0.25, -0.2) is 9.90 Å². The first-order valence-electron chi connectivity index (χ1n) is 6.76. The summed E-state index contributed by atoms with van der Waals surface area (Å²) in [5.74, 6) is 0.689. The Kier molecular flexibility index (Phi) is 4.05. The second kappa shape index (κ2) is 5.36. The molecule has 0 aromatic heterocycles. The molecule has 4 heteroatoms. The number of rotatable bonds is 4. The number of amides is 1. The zero-order chi connectivity index (χ0) is 12.4. The first-order valence-corrected chi connectivity index (χ1v) is 6.76. The Morgan fingerprint density at radius 2 is 2.29 bits per heavy atom. The van der Waals surface area contributed by atoms with Crippen LogP contribution >= 0.6 is 0 Å². The van der Waals surface area contributed by atoms with Gasteiger partial charge in [-0.3, -0.25) is 4.79 Å². The van der Waals surface area contributed by atoms with Crippen molar-refractivity contribution in [3.8, 4) is 0 Å². The van der Waals surface area contributed by atoms with Crippen LogP contribution in [-0.4, -0.2) is 29.9 Å². The van der Waals surface area contributed by atoms with E-state index in [4.69, 9.17) is 9.57 Å². The summed E-state index contributed by atoms with van der Waals surface area (Å²) in [4.78, 5) is 17.6. The average molecular weight is 241 g/mol. The van der Waals surface area contributed by atoms with Gasteiger partial charge in [-0.2, -0.15) is 0 Å². The molecule has 2 rings (SSSR count). The van der Waals surface area contributed by atoms with E-state index < -0.39 is 0 Å². The maximum Gasteiger partial charge on any atom is 0.252 e. The molecule has 98 valence electrons. The van der Waals surface area contributed by atoms with Crippen molar-refractivity contribution in [2.24, 2.45) is 11.8 Å². The maximum absolute atomic E-state index is 12.0. The van der Waals surface area contributed by atoms with Gasteiger partial charge in [0, 0.05) is 13.0 Å². The van der Waals surface area contributed by atoms with E-state index in [1.165, 1.54) is 5.06 Å². The highest BCUT2D eigenvalue weighted by molar-refractivity contribution is 5.85. The molecule has 0 saturated carbocycles. The van der Waals surface area contributed by atoms with Crippen LogP contribution < -0.4 is 0 Å². The number of carbonyl (C=O) groups is 1. The molecule has 4 nitrogen and oxygen atoms in total. The van der Waals surface area contributed by atoms with E-state index in [1.807, 2.05) is 0 Å². The molecule has 2 saturated heterocycles. The number of hydrogen-bond acceptors (Lipinski definition) is 3. The first-order chi connectivity index (χ1) is 8.15. The van der Waals surface area contributed by atoms with Crippen LogP contribution in [0.5, 0.6) is 0 Å². The average Bonchev–Trinajstić information content (AvgIpc) is 2.37. The number of β-lactam (4-membered cyclic amide) rings is 1. The Labute approximate surface area is 103 Å². The summed E-state index contributed by atoms with van der Waals surface area (Å²) < 4.78 is 5.49. The molecule has 17 heavy (non-hydrogen) atoms. The van der Waals surface area contributed by atoms with Crippen LogP contribution in [0.1, 0.15) is 46.5 Å². The van der Waals surface area contributed by atoms with Crippen molar-refractivity contribution in [2.45, 2.75) is 58.8 Å². The highest BCUT2D eigenvalue weighted by Crippen LogP contribution is 2.35.